The van der Waals surface area contributed by atoms with Gasteiger partial charge in [-0.2, -0.15) is 0 Å². The Kier molecular flexibility index (Phi) is 4.40. The molecule has 0 spiro atoms. The van der Waals surface area contributed by atoms with Crippen molar-refractivity contribution in [1.29, 1.82) is 0 Å². The van der Waals surface area contributed by atoms with Crippen LogP contribution in [-0.4, -0.2) is 37.7 Å². The van der Waals surface area contributed by atoms with Gasteiger partial charge in [0.05, 0.1) is 0 Å². The van der Waals surface area contributed by atoms with Crippen LogP contribution in [0.25, 0.3) is 0 Å². The van der Waals surface area contributed by atoms with Crippen LogP contribution >= 0.6 is 0 Å². The highest BCUT2D eigenvalue weighted by Gasteiger charge is 2.25. The van der Waals surface area contributed by atoms with Crippen molar-refractivity contribution < 1.29 is 4.74 Å². The third-order valence-electron chi connectivity index (χ3n) is 3.24. The lowest BCUT2D eigenvalue weighted by Gasteiger charge is -2.15. The van der Waals surface area contributed by atoms with E-state index in [9.17, 15) is 0 Å². The van der Waals surface area contributed by atoms with Gasteiger partial charge in [0, 0.05) is 12.6 Å². The molecule has 0 amide bonds. The zero-order chi connectivity index (χ0) is 12.1. The third-order valence-corrected chi connectivity index (χ3v) is 3.24. The first-order chi connectivity index (χ1) is 8.29. The van der Waals surface area contributed by atoms with Crippen molar-refractivity contribution in [2.24, 2.45) is 5.73 Å². The summed E-state index contributed by atoms with van der Waals surface area (Å²) in [6.45, 7) is 2.48. The second-order valence-electron chi connectivity index (χ2n) is 4.74. The van der Waals surface area contributed by atoms with Crippen LogP contribution in [-0.2, 0) is 6.42 Å². The summed E-state index contributed by atoms with van der Waals surface area (Å²) >= 11 is 0. The monoisotopic (exact) mass is 234 g/mol. The van der Waals surface area contributed by atoms with Gasteiger partial charge in [-0.3, -0.25) is 0 Å². The fourth-order valence-corrected chi connectivity index (χ4v) is 1.92. The molecule has 3 nitrogen and oxygen atoms in total. The van der Waals surface area contributed by atoms with E-state index >= 15 is 0 Å². The molecule has 0 heterocycles. The predicted octanol–water partition coefficient (Wildman–Crippen LogP) is 1.66. The lowest BCUT2D eigenvalue weighted by molar-refractivity contribution is 0.232. The molecule has 0 bridgehead atoms. The zero-order valence-corrected chi connectivity index (χ0v) is 10.6. The number of benzene rings is 1. The van der Waals surface area contributed by atoms with Crippen LogP contribution in [0, 0.1) is 0 Å². The molecule has 1 aromatic rings. The minimum Gasteiger partial charge on any atom is -0.492 e. The molecular formula is C14H22N2O. The van der Waals surface area contributed by atoms with Gasteiger partial charge < -0.3 is 15.4 Å². The summed E-state index contributed by atoms with van der Waals surface area (Å²) in [6, 6.07) is 9.05. The van der Waals surface area contributed by atoms with Gasteiger partial charge in [-0.15, -0.1) is 0 Å². The Morgan fingerprint density at radius 3 is 2.59 bits per heavy atom. The molecule has 2 rings (SSSR count). The van der Waals surface area contributed by atoms with E-state index in [1.54, 1.807) is 0 Å². The molecule has 0 aliphatic heterocycles. The first-order valence-electron chi connectivity index (χ1n) is 6.41. The molecule has 0 atom stereocenters. The van der Waals surface area contributed by atoms with Crippen molar-refractivity contribution in [3.63, 3.8) is 0 Å². The summed E-state index contributed by atoms with van der Waals surface area (Å²) in [5.74, 6) is 0.954. The van der Waals surface area contributed by atoms with Crippen LogP contribution in [0.1, 0.15) is 18.4 Å². The summed E-state index contributed by atoms with van der Waals surface area (Å²) in [7, 11) is 2.17. The molecule has 17 heavy (non-hydrogen) atoms. The molecule has 1 saturated carbocycles. The van der Waals surface area contributed by atoms with Crippen molar-refractivity contribution in [3.8, 4) is 5.75 Å². The Balaban J connectivity index is 1.70. The van der Waals surface area contributed by atoms with Gasteiger partial charge in [-0.1, -0.05) is 12.1 Å². The Morgan fingerprint density at radius 1 is 1.29 bits per heavy atom. The van der Waals surface area contributed by atoms with E-state index in [0.717, 1.165) is 31.4 Å². The molecule has 3 heteroatoms. The maximum absolute atomic E-state index is 5.71. The molecule has 0 saturated heterocycles. The van der Waals surface area contributed by atoms with Gasteiger partial charge in [0.15, 0.2) is 0 Å². The average molecular weight is 234 g/mol. The normalized spacial score (nSPS) is 15.2. The number of rotatable bonds is 7. The van der Waals surface area contributed by atoms with Crippen molar-refractivity contribution in [3.05, 3.63) is 29.8 Å². The number of nitrogens with two attached hydrogens (primary N) is 1. The molecule has 1 aliphatic rings. The Hall–Kier alpha value is -1.06. The standard InChI is InChI=1S/C14H22N2O/c1-16(13-4-5-13)10-11-17-14-6-2-12(3-7-14)8-9-15/h2-3,6-7,13H,4-5,8-11,15H2,1H3. The molecule has 0 aromatic heterocycles. The highest BCUT2D eigenvalue weighted by atomic mass is 16.5. The minimum absolute atomic E-state index is 0.701. The molecule has 2 N–H and O–H groups in total. The fourth-order valence-electron chi connectivity index (χ4n) is 1.92. The van der Waals surface area contributed by atoms with Crippen molar-refractivity contribution in [2.45, 2.75) is 25.3 Å². The van der Waals surface area contributed by atoms with E-state index in [-0.39, 0.29) is 0 Å². The first-order valence-corrected chi connectivity index (χ1v) is 6.41. The van der Waals surface area contributed by atoms with Crippen LogP contribution < -0.4 is 10.5 Å². The molecule has 94 valence electrons. The van der Waals surface area contributed by atoms with Crippen molar-refractivity contribution in [1.82, 2.24) is 4.90 Å². The summed E-state index contributed by atoms with van der Waals surface area (Å²) in [4.78, 5) is 2.38. The Labute approximate surface area is 104 Å². The lowest BCUT2D eigenvalue weighted by Crippen LogP contribution is -2.26. The SMILES string of the molecule is CN(CCOc1ccc(CCN)cc1)C1CC1. The van der Waals surface area contributed by atoms with E-state index in [1.165, 1.54) is 18.4 Å². The quantitative estimate of drug-likeness (QED) is 0.780. The highest BCUT2D eigenvalue weighted by Crippen LogP contribution is 2.24. The van der Waals surface area contributed by atoms with Crippen LogP contribution in [0.2, 0.25) is 0 Å². The minimum atomic E-state index is 0.701. The number of hydrogen-bond donors (Lipinski definition) is 1. The van der Waals surface area contributed by atoms with E-state index in [0.29, 0.717) is 6.54 Å². The Bertz CT molecular complexity index is 333. The first kappa shape index (κ1) is 12.4. The zero-order valence-electron chi connectivity index (χ0n) is 10.6. The number of ether oxygens (including phenoxy) is 1. The van der Waals surface area contributed by atoms with Gasteiger partial charge in [0.25, 0.3) is 0 Å². The van der Waals surface area contributed by atoms with Gasteiger partial charge in [-0.05, 0) is 50.6 Å². The summed E-state index contributed by atoms with van der Waals surface area (Å²) in [6.07, 6.45) is 3.64. The summed E-state index contributed by atoms with van der Waals surface area (Å²) < 4.78 is 5.71. The topological polar surface area (TPSA) is 38.5 Å². The van der Waals surface area contributed by atoms with E-state index in [2.05, 4.69) is 24.1 Å². The molecule has 1 aromatic carbocycles. The van der Waals surface area contributed by atoms with Crippen LogP contribution in [0.3, 0.4) is 0 Å². The van der Waals surface area contributed by atoms with Crippen LogP contribution in [0.15, 0.2) is 24.3 Å². The summed E-state index contributed by atoms with van der Waals surface area (Å²) in [5.41, 5.74) is 6.78. The van der Waals surface area contributed by atoms with Gasteiger partial charge in [-0.25, -0.2) is 0 Å². The van der Waals surface area contributed by atoms with Crippen molar-refractivity contribution in [2.75, 3.05) is 26.7 Å². The van der Waals surface area contributed by atoms with Gasteiger partial charge >= 0.3 is 0 Å². The second kappa shape index (κ2) is 6.03. The van der Waals surface area contributed by atoms with Gasteiger partial charge in [0.2, 0.25) is 0 Å². The number of hydrogen-bond acceptors (Lipinski definition) is 3. The summed E-state index contributed by atoms with van der Waals surface area (Å²) in [5, 5.41) is 0. The molecule has 1 fully saturated rings. The van der Waals surface area contributed by atoms with Crippen LogP contribution in [0.4, 0.5) is 0 Å². The largest absolute Gasteiger partial charge is 0.492 e. The number of nitrogens with zero attached hydrogens (tertiary/aromatic N) is 1. The second-order valence-corrected chi connectivity index (χ2v) is 4.74. The maximum atomic E-state index is 5.71. The average Bonchev–Trinajstić information content (AvgIpc) is 3.15. The predicted molar refractivity (Wildman–Crippen MR) is 70.3 cm³/mol. The number of likely N-dealkylation sites (N-methyl/N-ethyl adjacent to an activating group) is 1. The lowest BCUT2D eigenvalue weighted by atomic mass is 10.1. The highest BCUT2D eigenvalue weighted by molar-refractivity contribution is 5.27. The van der Waals surface area contributed by atoms with E-state index < -0.39 is 0 Å². The van der Waals surface area contributed by atoms with Crippen molar-refractivity contribution >= 4 is 0 Å². The molecule has 1 aliphatic carbocycles. The van der Waals surface area contributed by atoms with E-state index in [1.807, 2.05) is 12.1 Å². The van der Waals surface area contributed by atoms with Crippen LogP contribution in [0.5, 0.6) is 5.75 Å². The van der Waals surface area contributed by atoms with Gasteiger partial charge in [0.1, 0.15) is 12.4 Å². The van der Waals surface area contributed by atoms with E-state index in [4.69, 9.17) is 10.5 Å². The maximum Gasteiger partial charge on any atom is 0.119 e. The fraction of sp³-hybridized carbons (Fsp3) is 0.571. The third kappa shape index (κ3) is 4.02. The molecular weight excluding hydrogens is 212 g/mol. The molecule has 0 unspecified atom stereocenters. The Morgan fingerprint density at radius 2 is 2.00 bits per heavy atom. The smallest absolute Gasteiger partial charge is 0.119 e. The molecule has 0 radical (unpaired) electrons.